The third-order valence-electron chi connectivity index (χ3n) is 4.64. The first-order valence-corrected chi connectivity index (χ1v) is 8.45. The molecule has 2 aromatic rings. The Balaban J connectivity index is 2.18. The van der Waals surface area contributed by atoms with Crippen LogP contribution < -0.4 is 4.74 Å². The highest BCUT2D eigenvalue weighted by atomic mass is 16.5. The van der Waals surface area contributed by atoms with Crippen LogP contribution in [0.15, 0.2) is 30.3 Å². The number of allylic oxidation sites excluding steroid dienone is 2. The summed E-state index contributed by atoms with van der Waals surface area (Å²) in [6.45, 7) is 2.43. The van der Waals surface area contributed by atoms with Gasteiger partial charge in [0.1, 0.15) is 0 Å². The molecule has 0 saturated carbocycles. The summed E-state index contributed by atoms with van der Waals surface area (Å²) in [5.41, 5.74) is 3.95. The van der Waals surface area contributed by atoms with E-state index in [4.69, 9.17) is 4.74 Å². The number of aryl methyl sites for hydroxylation is 1. The standard InChI is InChI=1S/C21H23NO4/c1-12-5-7-13(8-6-12)14-9-10-15-16(11-22(2)3)19(24)21(26-4)20(25)17(15)18(14)23/h5-9,24-25H,10-11H2,1-4H3. The molecule has 2 N–H and O–H groups in total. The Labute approximate surface area is 153 Å². The number of ketones is 1. The first kappa shape index (κ1) is 18.0. The summed E-state index contributed by atoms with van der Waals surface area (Å²) in [6, 6.07) is 7.71. The molecule has 3 rings (SSSR count). The average Bonchev–Trinajstić information content (AvgIpc) is 2.59. The van der Waals surface area contributed by atoms with Crippen LogP contribution in [0.2, 0.25) is 0 Å². The van der Waals surface area contributed by atoms with Gasteiger partial charge in [0.15, 0.2) is 17.3 Å². The number of carbonyl (C=O) groups is 1. The Hall–Kier alpha value is -2.79. The van der Waals surface area contributed by atoms with E-state index in [0.717, 1.165) is 11.1 Å². The molecular weight excluding hydrogens is 330 g/mol. The minimum atomic E-state index is -0.301. The number of hydrogen-bond donors (Lipinski definition) is 2. The molecule has 0 unspecified atom stereocenters. The second-order valence-electron chi connectivity index (χ2n) is 6.82. The van der Waals surface area contributed by atoms with Gasteiger partial charge >= 0.3 is 0 Å². The van der Waals surface area contributed by atoms with Crippen molar-refractivity contribution in [3.63, 3.8) is 0 Å². The number of fused-ring (bicyclic) bond motifs is 1. The Morgan fingerprint density at radius 1 is 1.12 bits per heavy atom. The maximum atomic E-state index is 13.2. The number of methoxy groups -OCH3 is 1. The van der Waals surface area contributed by atoms with Crippen molar-refractivity contribution in [1.82, 2.24) is 4.90 Å². The lowest BCUT2D eigenvalue weighted by Gasteiger charge is -2.24. The van der Waals surface area contributed by atoms with Gasteiger partial charge in [0, 0.05) is 17.7 Å². The zero-order valence-corrected chi connectivity index (χ0v) is 15.5. The fraction of sp³-hybridized carbons (Fsp3) is 0.286. The van der Waals surface area contributed by atoms with Crippen LogP contribution in [-0.4, -0.2) is 42.1 Å². The summed E-state index contributed by atoms with van der Waals surface area (Å²) < 4.78 is 5.18. The van der Waals surface area contributed by atoms with Crippen molar-refractivity contribution in [2.24, 2.45) is 0 Å². The monoisotopic (exact) mass is 353 g/mol. The van der Waals surface area contributed by atoms with E-state index in [2.05, 4.69) is 0 Å². The lowest BCUT2D eigenvalue weighted by atomic mass is 9.83. The summed E-state index contributed by atoms with van der Waals surface area (Å²) in [5.74, 6) is -0.729. The molecule has 5 nitrogen and oxygen atoms in total. The van der Waals surface area contributed by atoms with E-state index in [1.165, 1.54) is 7.11 Å². The summed E-state index contributed by atoms with van der Waals surface area (Å²) in [5, 5.41) is 21.1. The predicted molar refractivity (Wildman–Crippen MR) is 101 cm³/mol. The number of Topliss-reactive ketones (excluding diaryl/α,β-unsaturated/α-hetero) is 1. The van der Waals surface area contributed by atoms with E-state index in [9.17, 15) is 15.0 Å². The van der Waals surface area contributed by atoms with Crippen LogP contribution in [0.3, 0.4) is 0 Å². The normalized spacial score (nSPS) is 13.6. The van der Waals surface area contributed by atoms with Crippen LogP contribution >= 0.6 is 0 Å². The number of hydrogen-bond acceptors (Lipinski definition) is 5. The van der Waals surface area contributed by atoms with E-state index in [0.29, 0.717) is 29.7 Å². The molecule has 0 atom stereocenters. The molecule has 0 radical (unpaired) electrons. The number of benzene rings is 2. The smallest absolute Gasteiger partial charge is 0.203 e. The van der Waals surface area contributed by atoms with Crippen molar-refractivity contribution < 1.29 is 19.7 Å². The van der Waals surface area contributed by atoms with E-state index >= 15 is 0 Å². The van der Waals surface area contributed by atoms with Crippen LogP contribution in [0.1, 0.15) is 32.6 Å². The van der Waals surface area contributed by atoms with Gasteiger partial charge in [-0.2, -0.15) is 0 Å². The second kappa shape index (κ2) is 6.84. The minimum Gasteiger partial charge on any atom is -0.504 e. The molecule has 26 heavy (non-hydrogen) atoms. The summed E-state index contributed by atoms with van der Waals surface area (Å²) >= 11 is 0. The lowest BCUT2D eigenvalue weighted by molar-refractivity contribution is 0.105. The fourth-order valence-corrected chi connectivity index (χ4v) is 3.36. The lowest BCUT2D eigenvalue weighted by Crippen LogP contribution is -2.18. The Bertz CT molecular complexity index is 895. The third kappa shape index (κ3) is 2.95. The molecule has 0 saturated heterocycles. The quantitative estimate of drug-likeness (QED) is 0.883. The number of phenols is 2. The number of carbonyl (C=O) groups excluding carboxylic acids is 1. The molecule has 0 fully saturated rings. The predicted octanol–water partition coefficient (Wildman–Crippen LogP) is 3.30. The molecule has 2 aromatic carbocycles. The fourth-order valence-electron chi connectivity index (χ4n) is 3.36. The molecule has 0 amide bonds. The van der Waals surface area contributed by atoms with Crippen LogP contribution in [0.4, 0.5) is 0 Å². The largest absolute Gasteiger partial charge is 0.504 e. The van der Waals surface area contributed by atoms with E-state index in [-0.39, 0.29) is 28.6 Å². The van der Waals surface area contributed by atoms with Crippen molar-refractivity contribution in [3.05, 3.63) is 58.2 Å². The van der Waals surface area contributed by atoms with Crippen molar-refractivity contribution in [2.45, 2.75) is 19.9 Å². The molecule has 136 valence electrons. The SMILES string of the molecule is COc1c(O)c(CN(C)C)c2c(c1O)C(=O)C(c1ccc(C)cc1)=CC2. The highest BCUT2D eigenvalue weighted by molar-refractivity contribution is 6.31. The first-order chi connectivity index (χ1) is 12.3. The van der Waals surface area contributed by atoms with Gasteiger partial charge in [-0.05, 0) is 38.6 Å². The van der Waals surface area contributed by atoms with Gasteiger partial charge in [-0.25, -0.2) is 0 Å². The van der Waals surface area contributed by atoms with Crippen molar-refractivity contribution >= 4 is 11.4 Å². The molecule has 0 aliphatic heterocycles. The summed E-state index contributed by atoms with van der Waals surface area (Å²) in [6.07, 6.45) is 2.32. The maximum Gasteiger partial charge on any atom is 0.203 e. The Morgan fingerprint density at radius 2 is 1.77 bits per heavy atom. The van der Waals surface area contributed by atoms with Gasteiger partial charge in [-0.1, -0.05) is 35.9 Å². The molecule has 0 bridgehead atoms. The zero-order valence-electron chi connectivity index (χ0n) is 15.5. The molecule has 0 heterocycles. The molecule has 5 heteroatoms. The second-order valence-corrected chi connectivity index (χ2v) is 6.82. The van der Waals surface area contributed by atoms with Gasteiger partial charge in [-0.15, -0.1) is 0 Å². The number of phenolic OH excluding ortho intramolecular Hbond substituents is 2. The first-order valence-electron chi connectivity index (χ1n) is 8.45. The summed E-state index contributed by atoms with van der Waals surface area (Å²) in [7, 11) is 5.12. The van der Waals surface area contributed by atoms with Crippen LogP contribution in [0.5, 0.6) is 17.2 Å². The van der Waals surface area contributed by atoms with Crippen molar-refractivity contribution in [1.29, 1.82) is 0 Å². The highest BCUT2D eigenvalue weighted by Gasteiger charge is 2.32. The van der Waals surface area contributed by atoms with Gasteiger partial charge in [-0.3, -0.25) is 4.79 Å². The molecule has 0 aromatic heterocycles. The number of rotatable bonds is 4. The number of aromatic hydroxyl groups is 2. The molecule has 1 aliphatic rings. The average molecular weight is 353 g/mol. The van der Waals surface area contributed by atoms with Crippen molar-refractivity contribution in [2.75, 3.05) is 21.2 Å². The van der Waals surface area contributed by atoms with E-state index in [1.807, 2.05) is 56.3 Å². The van der Waals surface area contributed by atoms with Crippen LogP contribution in [0, 0.1) is 6.92 Å². The topological polar surface area (TPSA) is 70.0 Å². The van der Waals surface area contributed by atoms with Crippen molar-refractivity contribution in [3.8, 4) is 17.2 Å². The highest BCUT2D eigenvalue weighted by Crippen LogP contribution is 2.47. The molecule has 1 aliphatic carbocycles. The minimum absolute atomic E-state index is 0.0564. The molecular formula is C21H23NO4. The van der Waals surface area contributed by atoms with Gasteiger partial charge in [0.25, 0.3) is 0 Å². The Morgan fingerprint density at radius 3 is 2.35 bits per heavy atom. The van der Waals surface area contributed by atoms with Crippen LogP contribution in [-0.2, 0) is 13.0 Å². The molecule has 0 spiro atoms. The van der Waals surface area contributed by atoms with Gasteiger partial charge in [0.05, 0.1) is 12.7 Å². The summed E-state index contributed by atoms with van der Waals surface area (Å²) in [4.78, 5) is 15.1. The van der Waals surface area contributed by atoms with E-state index < -0.39 is 0 Å². The van der Waals surface area contributed by atoms with Crippen LogP contribution in [0.25, 0.3) is 5.57 Å². The van der Waals surface area contributed by atoms with Gasteiger partial charge < -0.3 is 19.8 Å². The number of nitrogens with zero attached hydrogens (tertiary/aromatic N) is 1. The van der Waals surface area contributed by atoms with Gasteiger partial charge in [0.2, 0.25) is 5.75 Å². The Kier molecular flexibility index (Phi) is 4.74. The number of ether oxygens (including phenoxy) is 1. The maximum absolute atomic E-state index is 13.2. The third-order valence-corrected chi connectivity index (χ3v) is 4.64. The van der Waals surface area contributed by atoms with E-state index in [1.54, 1.807) is 0 Å². The zero-order chi connectivity index (χ0) is 19.0.